The van der Waals surface area contributed by atoms with E-state index in [0.29, 0.717) is 0 Å². The van der Waals surface area contributed by atoms with Crippen molar-refractivity contribution in [3.05, 3.63) is 42.0 Å². The van der Waals surface area contributed by atoms with Gasteiger partial charge in [0.25, 0.3) is 0 Å². The van der Waals surface area contributed by atoms with E-state index in [0.717, 1.165) is 25.1 Å². The van der Waals surface area contributed by atoms with Crippen molar-refractivity contribution in [2.24, 2.45) is 0 Å². The smallest absolute Gasteiger partial charge is 0.119 e. The van der Waals surface area contributed by atoms with Gasteiger partial charge in [0.15, 0.2) is 0 Å². The van der Waals surface area contributed by atoms with Gasteiger partial charge in [-0.15, -0.1) is 0 Å². The molecule has 114 valence electrons. The lowest BCUT2D eigenvalue weighted by Crippen LogP contribution is -2.18. The summed E-state index contributed by atoms with van der Waals surface area (Å²) in [7, 11) is 1.67. The third-order valence-electron chi connectivity index (χ3n) is 3.15. The summed E-state index contributed by atoms with van der Waals surface area (Å²) in [6.45, 7) is 4.88. The van der Waals surface area contributed by atoms with Crippen molar-refractivity contribution in [3.63, 3.8) is 0 Å². The average molecular weight is 287 g/mol. The zero-order chi connectivity index (χ0) is 15.5. The van der Waals surface area contributed by atoms with E-state index in [9.17, 15) is 5.11 Å². The van der Waals surface area contributed by atoms with Gasteiger partial charge < -0.3 is 15.2 Å². The number of methoxy groups -OCH3 is 1. The van der Waals surface area contributed by atoms with E-state index in [-0.39, 0.29) is 6.04 Å². The second-order valence-corrected chi connectivity index (χ2v) is 4.90. The summed E-state index contributed by atoms with van der Waals surface area (Å²) in [5.74, 6) is 6.52. The lowest BCUT2D eigenvalue weighted by molar-refractivity contribution is 0.221. The van der Waals surface area contributed by atoms with E-state index in [1.807, 2.05) is 31.2 Å². The van der Waals surface area contributed by atoms with Crippen molar-refractivity contribution in [1.29, 1.82) is 0 Å². The van der Waals surface area contributed by atoms with Crippen molar-refractivity contribution < 1.29 is 9.84 Å². The van der Waals surface area contributed by atoms with Crippen LogP contribution in [0.3, 0.4) is 0 Å². The fourth-order valence-electron chi connectivity index (χ4n) is 1.88. The Balaban J connectivity index is 2.37. The third-order valence-corrected chi connectivity index (χ3v) is 3.15. The van der Waals surface area contributed by atoms with Crippen LogP contribution in [0.4, 0.5) is 0 Å². The van der Waals surface area contributed by atoms with Gasteiger partial charge in [-0.1, -0.05) is 43.4 Å². The van der Waals surface area contributed by atoms with Crippen LogP contribution in [0.5, 0.6) is 5.75 Å². The minimum atomic E-state index is -0.511. The Morgan fingerprint density at radius 3 is 2.95 bits per heavy atom. The second kappa shape index (κ2) is 10.0. The maximum Gasteiger partial charge on any atom is 0.119 e. The Bertz CT molecular complexity index is 499. The highest BCUT2D eigenvalue weighted by molar-refractivity contribution is 5.30. The van der Waals surface area contributed by atoms with Crippen molar-refractivity contribution in [2.75, 3.05) is 13.7 Å². The molecular formula is C18H25NO2. The molecule has 0 aromatic heterocycles. The topological polar surface area (TPSA) is 41.5 Å². The largest absolute Gasteiger partial charge is 0.497 e. The number of benzene rings is 1. The highest BCUT2D eigenvalue weighted by atomic mass is 16.5. The Morgan fingerprint density at radius 1 is 1.43 bits per heavy atom. The monoisotopic (exact) mass is 287 g/mol. The number of aliphatic hydroxyl groups is 1. The Labute approximate surface area is 128 Å². The molecule has 0 spiro atoms. The SMILES string of the molecule is CCCC(O)C#C/C=C/CN[C@H](C)c1cccc(OC)c1. The number of hydrogen-bond acceptors (Lipinski definition) is 3. The van der Waals surface area contributed by atoms with Crippen LogP contribution in [0.25, 0.3) is 0 Å². The van der Waals surface area contributed by atoms with Crippen LogP contribution in [-0.4, -0.2) is 24.9 Å². The molecule has 0 radical (unpaired) electrons. The molecule has 21 heavy (non-hydrogen) atoms. The molecule has 2 atom stereocenters. The Kier molecular flexibility index (Phi) is 8.27. The second-order valence-electron chi connectivity index (χ2n) is 4.90. The number of hydrogen-bond donors (Lipinski definition) is 2. The van der Waals surface area contributed by atoms with Gasteiger partial charge in [-0.25, -0.2) is 0 Å². The first-order chi connectivity index (χ1) is 10.2. The predicted octanol–water partition coefficient (Wildman–Crippen LogP) is 3.07. The van der Waals surface area contributed by atoms with Gasteiger partial charge in [0.2, 0.25) is 0 Å². The highest BCUT2D eigenvalue weighted by Crippen LogP contribution is 2.18. The number of ether oxygens (including phenoxy) is 1. The predicted molar refractivity (Wildman–Crippen MR) is 87.2 cm³/mol. The molecule has 0 heterocycles. The fraction of sp³-hybridized carbons (Fsp3) is 0.444. The van der Waals surface area contributed by atoms with Crippen LogP contribution >= 0.6 is 0 Å². The molecule has 1 aromatic rings. The summed E-state index contributed by atoms with van der Waals surface area (Å²) in [6, 6.07) is 8.27. The van der Waals surface area contributed by atoms with Crippen LogP contribution in [0.15, 0.2) is 36.4 Å². The zero-order valence-electron chi connectivity index (χ0n) is 13.1. The third kappa shape index (κ3) is 6.99. The highest BCUT2D eigenvalue weighted by Gasteiger charge is 2.04. The van der Waals surface area contributed by atoms with Crippen molar-refractivity contribution >= 4 is 0 Å². The van der Waals surface area contributed by atoms with Gasteiger partial charge >= 0.3 is 0 Å². The molecule has 1 unspecified atom stereocenters. The number of allylic oxidation sites excluding steroid dienone is 1. The first kappa shape index (κ1) is 17.3. The quantitative estimate of drug-likeness (QED) is 0.757. The maximum absolute atomic E-state index is 9.46. The molecule has 0 fully saturated rings. The Morgan fingerprint density at radius 2 is 2.24 bits per heavy atom. The molecule has 1 aromatic carbocycles. The van der Waals surface area contributed by atoms with Crippen LogP contribution in [0.1, 0.15) is 38.3 Å². The molecule has 0 bridgehead atoms. The summed E-state index contributed by atoms with van der Waals surface area (Å²) in [6.07, 6.45) is 4.90. The molecule has 1 rings (SSSR count). The number of nitrogens with one attached hydrogen (secondary N) is 1. The van der Waals surface area contributed by atoms with Crippen molar-refractivity contribution in [3.8, 4) is 17.6 Å². The molecule has 0 saturated carbocycles. The maximum atomic E-state index is 9.46. The minimum absolute atomic E-state index is 0.239. The number of rotatable bonds is 7. The van der Waals surface area contributed by atoms with Gasteiger partial charge in [0, 0.05) is 12.6 Å². The molecule has 3 heteroatoms. The molecule has 2 N–H and O–H groups in total. The van der Waals surface area contributed by atoms with E-state index in [4.69, 9.17) is 4.74 Å². The lowest BCUT2D eigenvalue weighted by Gasteiger charge is -2.13. The summed E-state index contributed by atoms with van der Waals surface area (Å²) in [5.41, 5.74) is 1.19. The van der Waals surface area contributed by atoms with Gasteiger partial charge in [0.05, 0.1) is 7.11 Å². The summed E-state index contributed by atoms with van der Waals surface area (Å²) in [5, 5.41) is 12.8. The molecule has 0 aliphatic heterocycles. The van der Waals surface area contributed by atoms with E-state index in [2.05, 4.69) is 30.1 Å². The van der Waals surface area contributed by atoms with E-state index >= 15 is 0 Å². The Hall–Kier alpha value is -1.76. The van der Waals surface area contributed by atoms with Crippen molar-refractivity contribution in [2.45, 2.75) is 38.8 Å². The van der Waals surface area contributed by atoms with Gasteiger partial charge in [0.1, 0.15) is 11.9 Å². The van der Waals surface area contributed by atoms with Crippen LogP contribution in [0.2, 0.25) is 0 Å². The van der Waals surface area contributed by atoms with E-state index in [1.54, 1.807) is 13.2 Å². The fourth-order valence-corrected chi connectivity index (χ4v) is 1.88. The number of aliphatic hydroxyl groups excluding tert-OH is 1. The molecular weight excluding hydrogens is 262 g/mol. The standard InChI is InChI=1S/C18H25NO2/c1-4-9-17(20)11-6-5-7-13-19-15(2)16-10-8-12-18(14-16)21-3/h5,7-8,10,12,14-15,17,19-20H,4,9,13H2,1-3H3/b7-5+/t15-,17?/m1/s1. The molecule has 0 aliphatic carbocycles. The molecule has 3 nitrogen and oxygen atoms in total. The van der Waals surface area contributed by atoms with E-state index in [1.165, 1.54) is 5.56 Å². The first-order valence-electron chi connectivity index (χ1n) is 7.38. The molecule has 0 saturated heterocycles. The first-order valence-corrected chi connectivity index (χ1v) is 7.38. The van der Waals surface area contributed by atoms with E-state index < -0.39 is 6.10 Å². The zero-order valence-corrected chi connectivity index (χ0v) is 13.1. The summed E-state index contributed by atoms with van der Waals surface area (Å²) >= 11 is 0. The normalized spacial score (nSPS) is 13.5. The van der Waals surface area contributed by atoms with Gasteiger partial charge in [-0.2, -0.15) is 0 Å². The summed E-state index contributed by atoms with van der Waals surface area (Å²) < 4.78 is 5.22. The molecule has 0 aliphatic rings. The van der Waals surface area contributed by atoms with Crippen LogP contribution in [-0.2, 0) is 0 Å². The van der Waals surface area contributed by atoms with Crippen molar-refractivity contribution in [1.82, 2.24) is 5.32 Å². The lowest BCUT2D eigenvalue weighted by atomic mass is 10.1. The summed E-state index contributed by atoms with van der Waals surface area (Å²) in [4.78, 5) is 0. The van der Waals surface area contributed by atoms with Crippen LogP contribution < -0.4 is 10.1 Å². The van der Waals surface area contributed by atoms with Gasteiger partial charge in [-0.05, 0) is 37.1 Å². The van der Waals surface area contributed by atoms with Gasteiger partial charge in [-0.3, -0.25) is 0 Å². The van der Waals surface area contributed by atoms with Crippen LogP contribution in [0, 0.1) is 11.8 Å². The molecule has 0 amide bonds. The average Bonchev–Trinajstić information content (AvgIpc) is 2.50. The minimum Gasteiger partial charge on any atom is -0.497 e.